The molecule has 2 amide bonds. The third kappa shape index (κ3) is 3.67. The van der Waals surface area contributed by atoms with E-state index in [1.807, 2.05) is 11.9 Å². The molecule has 0 radical (unpaired) electrons. The summed E-state index contributed by atoms with van der Waals surface area (Å²) in [5.74, 6) is 0.0381. The number of piperidine rings is 1. The summed E-state index contributed by atoms with van der Waals surface area (Å²) in [4.78, 5) is 31.9. The molecule has 1 saturated carbocycles. The maximum atomic E-state index is 13.3. The summed E-state index contributed by atoms with van der Waals surface area (Å²) in [6, 6.07) is 7.04. The van der Waals surface area contributed by atoms with Gasteiger partial charge in [-0.25, -0.2) is 4.39 Å². The lowest BCUT2D eigenvalue weighted by atomic mass is 9.71. The van der Waals surface area contributed by atoms with Crippen molar-refractivity contribution < 1.29 is 14.0 Å². The molecule has 0 aromatic heterocycles. The largest absolute Gasteiger partial charge is 0.336 e. The molecule has 158 valence electrons. The molecule has 4 atom stereocenters. The van der Waals surface area contributed by atoms with E-state index >= 15 is 0 Å². The molecule has 2 aliphatic heterocycles. The Hall–Kier alpha value is -1.95. The van der Waals surface area contributed by atoms with Gasteiger partial charge in [0.05, 0.1) is 12.6 Å². The Morgan fingerprint density at radius 2 is 1.83 bits per heavy atom. The number of rotatable bonds is 4. The number of halogens is 1. The van der Waals surface area contributed by atoms with E-state index in [1.165, 1.54) is 12.1 Å². The first-order valence-electron chi connectivity index (χ1n) is 10.8. The molecular weight excluding hydrogens is 369 g/mol. The van der Waals surface area contributed by atoms with Crippen molar-refractivity contribution in [3.63, 3.8) is 0 Å². The summed E-state index contributed by atoms with van der Waals surface area (Å²) in [5, 5.41) is 0. The van der Waals surface area contributed by atoms with Gasteiger partial charge < -0.3 is 9.80 Å². The smallest absolute Gasteiger partial charge is 0.237 e. The quantitative estimate of drug-likeness (QED) is 0.779. The predicted molar refractivity (Wildman–Crippen MR) is 110 cm³/mol. The SMILES string of the molecule is CC(=O)N1[C@@H]2CN(C(=O)CN(C)Cc3ccc(F)cc3)[C@@H]3CCCC[C@H]1[C@]3(C)C2. The normalized spacial score (nSPS) is 31.1. The third-order valence-electron chi connectivity index (χ3n) is 7.37. The summed E-state index contributed by atoms with van der Waals surface area (Å²) in [6.45, 7) is 5.56. The minimum absolute atomic E-state index is 0.00370. The number of likely N-dealkylation sites (N-methyl/N-ethyl adjacent to an activating group) is 1. The van der Waals surface area contributed by atoms with Crippen molar-refractivity contribution in [2.75, 3.05) is 20.1 Å². The molecule has 5 nitrogen and oxygen atoms in total. The highest BCUT2D eigenvalue weighted by Crippen LogP contribution is 2.53. The van der Waals surface area contributed by atoms with Crippen LogP contribution < -0.4 is 0 Å². The van der Waals surface area contributed by atoms with Crippen LogP contribution in [0.1, 0.15) is 51.5 Å². The second-order valence-electron chi connectivity index (χ2n) is 9.45. The molecule has 4 rings (SSSR count). The number of likely N-dealkylation sites (tertiary alicyclic amines) is 2. The standard InChI is InChI=1S/C23H32FN3O2/c1-16(28)27-19-12-23(2)20(6-4-5-7-21(23)27)26(14-19)22(29)15-25(3)13-17-8-10-18(24)11-9-17/h8-11,19-21H,4-7,12-15H2,1-3H3/t19-,20+,21-,23+/m0/s1. The Morgan fingerprint density at radius 3 is 2.48 bits per heavy atom. The van der Waals surface area contributed by atoms with Crippen LogP contribution in [0.3, 0.4) is 0 Å². The lowest BCUT2D eigenvalue weighted by Crippen LogP contribution is -2.57. The predicted octanol–water partition coefficient (Wildman–Crippen LogP) is 3.04. The van der Waals surface area contributed by atoms with Crippen molar-refractivity contribution >= 4 is 11.8 Å². The minimum atomic E-state index is -0.248. The average Bonchev–Trinajstić information content (AvgIpc) is 2.77. The molecule has 3 fully saturated rings. The van der Waals surface area contributed by atoms with Gasteiger partial charge in [-0.3, -0.25) is 14.5 Å². The second kappa shape index (κ2) is 7.71. The zero-order valence-corrected chi connectivity index (χ0v) is 17.7. The summed E-state index contributed by atoms with van der Waals surface area (Å²) in [6.07, 6.45) is 5.33. The molecule has 2 heterocycles. The van der Waals surface area contributed by atoms with Crippen molar-refractivity contribution in [1.82, 2.24) is 14.7 Å². The van der Waals surface area contributed by atoms with E-state index in [1.54, 1.807) is 19.1 Å². The van der Waals surface area contributed by atoms with E-state index in [-0.39, 0.29) is 41.2 Å². The lowest BCUT2D eigenvalue weighted by Gasteiger charge is -2.46. The van der Waals surface area contributed by atoms with Gasteiger partial charge in [0.2, 0.25) is 11.8 Å². The van der Waals surface area contributed by atoms with E-state index < -0.39 is 0 Å². The fraction of sp³-hybridized carbons (Fsp3) is 0.652. The number of nitrogens with zero attached hydrogens (tertiary/aromatic N) is 3. The molecule has 3 aliphatic rings. The Kier molecular flexibility index (Phi) is 5.40. The first-order valence-corrected chi connectivity index (χ1v) is 10.8. The molecule has 6 heteroatoms. The monoisotopic (exact) mass is 401 g/mol. The topological polar surface area (TPSA) is 43.9 Å². The second-order valence-corrected chi connectivity index (χ2v) is 9.45. The van der Waals surface area contributed by atoms with Crippen LogP contribution in [0, 0.1) is 11.2 Å². The summed E-state index contributed by atoms with van der Waals surface area (Å²) >= 11 is 0. The van der Waals surface area contributed by atoms with Crippen LogP contribution >= 0.6 is 0 Å². The van der Waals surface area contributed by atoms with Gasteiger partial charge in [0.15, 0.2) is 0 Å². The number of amides is 2. The molecule has 2 bridgehead atoms. The molecule has 29 heavy (non-hydrogen) atoms. The fourth-order valence-corrected chi connectivity index (χ4v) is 6.20. The highest BCUT2D eigenvalue weighted by molar-refractivity contribution is 5.80. The molecule has 0 N–H and O–H groups in total. The molecule has 1 aromatic rings. The Bertz CT molecular complexity index is 783. The van der Waals surface area contributed by atoms with Crippen molar-refractivity contribution in [2.24, 2.45) is 5.41 Å². The van der Waals surface area contributed by atoms with Crippen LogP contribution in [0.5, 0.6) is 0 Å². The van der Waals surface area contributed by atoms with Gasteiger partial charge in [0, 0.05) is 37.5 Å². The zero-order valence-electron chi connectivity index (χ0n) is 17.7. The van der Waals surface area contributed by atoms with Crippen LogP contribution in [0.25, 0.3) is 0 Å². The molecule has 1 aromatic carbocycles. The van der Waals surface area contributed by atoms with Gasteiger partial charge in [0.25, 0.3) is 0 Å². The molecular formula is C23H32FN3O2. The fourth-order valence-electron chi connectivity index (χ4n) is 6.20. The summed E-state index contributed by atoms with van der Waals surface area (Å²) in [7, 11) is 1.93. The molecule has 2 saturated heterocycles. The van der Waals surface area contributed by atoms with Gasteiger partial charge in [-0.15, -0.1) is 0 Å². The van der Waals surface area contributed by atoms with Gasteiger partial charge in [0.1, 0.15) is 5.82 Å². The van der Waals surface area contributed by atoms with E-state index in [0.717, 1.165) is 37.7 Å². The van der Waals surface area contributed by atoms with Gasteiger partial charge in [-0.1, -0.05) is 31.9 Å². The van der Waals surface area contributed by atoms with Crippen LogP contribution in [-0.2, 0) is 16.1 Å². The number of hydrogen-bond donors (Lipinski definition) is 0. The molecule has 0 unspecified atom stereocenters. The van der Waals surface area contributed by atoms with Crippen LogP contribution in [0.15, 0.2) is 24.3 Å². The van der Waals surface area contributed by atoms with Crippen LogP contribution in [0.2, 0.25) is 0 Å². The van der Waals surface area contributed by atoms with Crippen molar-refractivity contribution in [1.29, 1.82) is 0 Å². The number of carbonyl (C=O) groups is 2. The Labute approximate surface area is 172 Å². The van der Waals surface area contributed by atoms with Crippen LogP contribution in [-0.4, -0.2) is 64.8 Å². The van der Waals surface area contributed by atoms with Crippen molar-refractivity contribution in [2.45, 2.75) is 70.6 Å². The Balaban J connectivity index is 1.50. The van der Waals surface area contributed by atoms with Crippen molar-refractivity contribution in [3.05, 3.63) is 35.6 Å². The third-order valence-corrected chi connectivity index (χ3v) is 7.37. The summed E-state index contributed by atoms with van der Waals surface area (Å²) in [5.41, 5.74) is 0.987. The zero-order chi connectivity index (χ0) is 20.8. The van der Waals surface area contributed by atoms with Gasteiger partial charge in [-0.2, -0.15) is 0 Å². The van der Waals surface area contributed by atoms with Gasteiger partial charge in [-0.05, 0) is 44.0 Å². The average molecular weight is 402 g/mol. The highest BCUT2D eigenvalue weighted by atomic mass is 19.1. The molecule has 1 aliphatic carbocycles. The summed E-state index contributed by atoms with van der Waals surface area (Å²) < 4.78 is 13.1. The minimum Gasteiger partial charge on any atom is -0.336 e. The number of hydrogen-bond acceptors (Lipinski definition) is 3. The Morgan fingerprint density at radius 1 is 1.17 bits per heavy atom. The molecule has 0 spiro atoms. The maximum absolute atomic E-state index is 13.3. The van der Waals surface area contributed by atoms with Gasteiger partial charge >= 0.3 is 0 Å². The lowest BCUT2D eigenvalue weighted by molar-refractivity contribution is -0.140. The van der Waals surface area contributed by atoms with E-state index in [9.17, 15) is 14.0 Å². The van der Waals surface area contributed by atoms with Crippen molar-refractivity contribution in [3.8, 4) is 0 Å². The number of fused-ring (bicyclic) bond motifs is 1. The number of carbonyl (C=O) groups excluding carboxylic acids is 2. The maximum Gasteiger partial charge on any atom is 0.237 e. The van der Waals surface area contributed by atoms with E-state index in [4.69, 9.17) is 0 Å². The van der Waals surface area contributed by atoms with Crippen LogP contribution in [0.4, 0.5) is 4.39 Å². The first kappa shape index (κ1) is 20.3. The van der Waals surface area contributed by atoms with E-state index in [2.05, 4.69) is 16.7 Å². The number of benzene rings is 1. The highest BCUT2D eigenvalue weighted by Gasteiger charge is 2.60. The van der Waals surface area contributed by atoms with E-state index in [0.29, 0.717) is 19.6 Å². The first-order chi connectivity index (χ1) is 13.8.